The first-order valence-electron chi connectivity index (χ1n) is 5.90. The smallest absolute Gasteiger partial charge is 0.0531 e. The first kappa shape index (κ1) is 11.6. The van der Waals surface area contributed by atoms with E-state index in [1.54, 1.807) is 6.20 Å². The molecule has 0 saturated carbocycles. The fourth-order valence-electron chi connectivity index (χ4n) is 2.00. The molecule has 0 fully saturated rings. The molecule has 2 heteroatoms. The zero-order valence-corrected chi connectivity index (χ0v) is 10.6. The predicted molar refractivity (Wildman–Crippen MR) is 72.2 cm³/mol. The molecule has 1 heterocycles. The van der Waals surface area contributed by atoms with Crippen LogP contribution >= 0.6 is 0 Å². The SMILES string of the molecule is Cc1ccc(C)c(C(C)Nc2cccnc2)c1. The Morgan fingerprint density at radius 2 is 2.00 bits per heavy atom. The van der Waals surface area contributed by atoms with Gasteiger partial charge >= 0.3 is 0 Å². The van der Waals surface area contributed by atoms with Gasteiger partial charge in [-0.1, -0.05) is 23.8 Å². The van der Waals surface area contributed by atoms with Gasteiger partial charge in [0, 0.05) is 18.4 Å². The fourth-order valence-corrected chi connectivity index (χ4v) is 2.00. The maximum Gasteiger partial charge on any atom is 0.0531 e. The number of aromatic nitrogens is 1. The molecule has 0 saturated heterocycles. The van der Waals surface area contributed by atoms with Crippen LogP contribution in [-0.2, 0) is 0 Å². The topological polar surface area (TPSA) is 24.9 Å². The molecular weight excluding hydrogens is 208 g/mol. The lowest BCUT2D eigenvalue weighted by molar-refractivity contribution is 0.870. The van der Waals surface area contributed by atoms with Crippen LogP contribution in [0.5, 0.6) is 0 Å². The number of hydrogen-bond donors (Lipinski definition) is 1. The third-order valence-corrected chi connectivity index (χ3v) is 2.95. The molecular formula is C15H18N2. The van der Waals surface area contributed by atoms with Crippen LogP contribution in [0.4, 0.5) is 5.69 Å². The van der Waals surface area contributed by atoms with E-state index in [1.807, 2.05) is 18.3 Å². The second-order valence-corrected chi connectivity index (χ2v) is 4.47. The number of nitrogens with one attached hydrogen (secondary N) is 1. The van der Waals surface area contributed by atoms with Gasteiger partial charge in [-0.05, 0) is 44.0 Å². The van der Waals surface area contributed by atoms with Crippen molar-refractivity contribution in [1.82, 2.24) is 4.98 Å². The van der Waals surface area contributed by atoms with Gasteiger partial charge in [0.15, 0.2) is 0 Å². The highest BCUT2D eigenvalue weighted by atomic mass is 14.9. The number of rotatable bonds is 3. The van der Waals surface area contributed by atoms with Crippen LogP contribution in [0.1, 0.15) is 29.7 Å². The van der Waals surface area contributed by atoms with Gasteiger partial charge in [-0.2, -0.15) is 0 Å². The number of hydrogen-bond acceptors (Lipinski definition) is 2. The number of pyridine rings is 1. The van der Waals surface area contributed by atoms with Crippen LogP contribution in [0, 0.1) is 13.8 Å². The summed E-state index contributed by atoms with van der Waals surface area (Å²) in [6.45, 7) is 6.45. The molecule has 17 heavy (non-hydrogen) atoms. The van der Waals surface area contributed by atoms with E-state index >= 15 is 0 Å². The molecule has 0 bridgehead atoms. The quantitative estimate of drug-likeness (QED) is 0.859. The summed E-state index contributed by atoms with van der Waals surface area (Å²) in [4.78, 5) is 4.11. The minimum Gasteiger partial charge on any atom is -0.377 e. The first-order chi connectivity index (χ1) is 8.16. The first-order valence-corrected chi connectivity index (χ1v) is 5.90. The lowest BCUT2D eigenvalue weighted by atomic mass is 10.00. The van der Waals surface area contributed by atoms with Crippen LogP contribution in [0.3, 0.4) is 0 Å². The van der Waals surface area contributed by atoms with Crippen LogP contribution in [0.25, 0.3) is 0 Å². The highest BCUT2D eigenvalue weighted by Gasteiger charge is 2.08. The Morgan fingerprint density at radius 3 is 2.71 bits per heavy atom. The molecule has 2 rings (SSSR count). The minimum absolute atomic E-state index is 0.291. The van der Waals surface area contributed by atoms with Gasteiger partial charge in [0.05, 0.1) is 5.69 Å². The van der Waals surface area contributed by atoms with Crippen LogP contribution in [0.2, 0.25) is 0 Å². The van der Waals surface area contributed by atoms with Crippen molar-refractivity contribution in [3.63, 3.8) is 0 Å². The summed E-state index contributed by atoms with van der Waals surface area (Å²) in [6.07, 6.45) is 3.63. The van der Waals surface area contributed by atoms with Crippen molar-refractivity contribution < 1.29 is 0 Å². The summed E-state index contributed by atoms with van der Waals surface area (Å²) in [6, 6.07) is 10.8. The van der Waals surface area contributed by atoms with E-state index in [0.29, 0.717) is 6.04 Å². The van der Waals surface area contributed by atoms with Gasteiger partial charge in [0.1, 0.15) is 0 Å². The van der Waals surface area contributed by atoms with E-state index in [2.05, 4.69) is 49.3 Å². The third kappa shape index (κ3) is 2.84. The average Bonchev–Trinajstić information content (AvgIpc) is 2.33. The monoisotopic (exact) mass is 226 g/mol. The normalized spacial score (nSPS) is 12.2. The maximum absolute atomic E-state index is 4.11. The van der Waals surface area contributed by atoms with E-state index in [4.69, 9.17) is 0 Å². The lowest BCUT2D eigenvalue weighted by Gasteiger charge is -2.18. The molecule has 0 radical (unpaired) electrons. The molecule has 1 aromatic heterocycles. The molecule has 0 amide bonds. The zero-order valence-electron chi connectivity index (χ0n) is 10.6. The Kier molecular flexibility index (Phi) is 3.43. The lowest BCUT2D eigenvalue weighted by Crippen LogP contribution is -2.08. The number of benzene rings is 1. The van der Waals surface area contributed by atoms with Crippen molar-refractivity contribution in [3.05, 3.63) is 59.4 Å². The van der Waals surface area contributed by atoms with Gasteiger partial charge in [-0.25, -0.2) is 0 Å². The Balaban J connectivity index is 2.20. The molecule has 1 atom stereocenters. The summed E-state index contributed by atoms with van der Waals surface area (Å²) in [5.41, 5.74) is 5.01. The van der Waals surface area contributed by atoms with E-state index in [9.17, 15) is 0 Å². The summed E-state index contributed by atoms with van der Waals surface area (Å²) in [7, 11) is 0. The highest BCUT2D eigenvalue weighted by Crippen LogP contribution is 2.22. The van der Waals surface area contributed by atoms with Crippen molar-refractivity contribution in [3.8, 4) is 0 Å². The second-order valence-electron chi connectivity index (χ2n) is 4.47. The van der Waals surface area contributed by atoms with Crippen molar-refractivity contribution >= 4 is 5.69 Å². The summed E-state index contributed by atoms with van der Waals surface area (Å²) < 4.78 is 0. The Labute approximate surface area is 103 Å². The Bertz CT molecular complexity index is 492. The average molecular weight is 226 g/mol. The van der Waals surface area contributed by atoms with Gasteiger partial charge in [-0.3, -0.25) is 4.98 Å². The standard InChI is InChI=1S/C15H18N2/c1-11-6-7-12(2)15(9-11)13(3)17-14-5-4-8-16-10-14/h4-10,13,17H,1-3H3. The van der Waals surface area contributed by atoms with Crippen LogP contribution < -0.4 is 5.32 Å². The van der Waals surface area contributed by atoms with Gasteiger partial charge < -0.3 is 5.32 Å². The van der Waals surface area contributed by atoms with Crippen molar-refractivity contribution in [2.45, 2.75) is 26.8 Å². The molecule has 2 nitrogen and oxygen atoms in total. The fraction of sp³-hybridized carbons (Fsp3) is 0.267. The number of anilines is 1. The molecule has 0 aliphatic heterocycles. The van der Waals surface area contributed by atoms with Gasteiger partial charge in [0.2, 0.25) is 0 Å². The molecule has 88 valence electrons. The zero-order chi connectivity index (χ0) is 12.3. The number of nitrogens with zero attached hydrogens (tertiary/aromatic N) is 1. The highest BCUT2D eigenvalue weighted by molar-refractivity contribution is 5.44. The van der Waals surface area contributed by atoms with Crippen LogP contribution in [-0.4, -0.2) is 4.98 Å². The van der Waals surface area contributed by atoms with Gasteiger partial charge in [-0.15, -0.1) is 0 Å². The summed E-state index contributed by atoms with van der Waals surface area (Å²) >= 11 is 0. The molecule has 1 unspecified atom stereocenters. The largest absolute Gasteiger partial charge is 0.377 e. The third-order valence-electron chi connectivity index (χ3n) is 2.95. The van der Waals surface area contributed by atoms with Crippen molar-refractivity contribution in [2.24, 2.45) is 0 Å². The molecule has 1 aromatic carbocycles. The second kappa shape index (κ2) is 5.00. The van der Waals surface area contributed by atoms with E-state index in [0.717, 1.165) is 5.69 Å². The van der Waals surface area contributed by atoms with Gasteiger partial charge in [0.25, 0.3) is 0 Å². The van der Waals surface area contributed by atoms with Crippen LogP contribution in [0.15, 0.2) is 42.7 Å². The maximum atomic E-state index is 4.11. The van der Waals surface area contributed by atoms with Crippen molar-refractivity contribution in [2.75, 3.05) is 5.32 Å². The Hall–Kier alpha value is -1.83. The predicted octanol–water partition coefficient (Wildman–Crippen LogP) is 3.87. The molecule has 1 N–H and O–H groups in total. The van der Waals surface area contributed by atoms with E-state index in [-0.39, 0.29) is 0 Å². The number of aryl methyl sites for hydroxylation is 2. The summed E-state index contributed by atoms with van der Waals surface area (Å²) in [5.74, 6) is 0. The molecule has 0 aliphatic rings. The molecule has 0 aliphatic carbocycles. The summed E-state index contributed by atoms with van der Waals surface area (Å²) in [5, 5.41) is 3.46. The Morgan fingerprint density at radius 1 is 1.18 bits per heavy atom. The molecule has 2 aromatic rings. The minimum atomic E-state index is 0.291. The van der Waals surface area contributed by atoms with E-state index in [1.165, 1.54) is 16.7 Å². The van der Waals surface area contributed by atoms with E-state index < -0.39 is 0 Å². The molecule has 0 spiro atoms. The van der Waals surface area contributed by atoms with Crippen molar-refractivity contribution in [1.29, 1.82) is 0 Å².